The normalized spacial score (nSPS) is 17.4. The van der Waals surface area contributed by atoms with Gasteiger partial charge in [-0.1, -0.05) is 6.07 Å². The third-order valence-corrected chi connectivity index (χ3v) is 7.57. The zero-order valence-electron chi connectivity index (χ0n) is 20.4. The second kappa shape index (κ2) is 10.4. The van der Waals surface area contributed by atoms with Crippen molar-refractivity contribution in [3.63, 3.8) is 0 Å². The Morgan fingerprint density at radius 3 is 2.25 bits per heavy atom. The van der Waals surface area contributed by atoms with Crippen LogP contribution in [0.4, 0.5) is 15.8 Å². The molecule has 0 amide bonds. The van der Waals surface area contributed by atoms with Gasteiger partial charge in [0, 0.05) is 74.5 Å². The number of benzene rings is 2. The van der Waals surface area contributed by atoms with Gasteiger partial charge >= 0.3 is 0 Å². The number of piperidine rings is 1. The predicted molar refractivity (Wildman–Crippen MR) is 146 cm³/mol. The van der Waals surface area contributed by atoms with Gasteiger partial charge in [-0.3, -0.25) is 14.9 Å². The van der Waals surface area contributed by atoms with E-state index in [4.69, 9.17) is 4.74 Å². The highest BCUT2D eigenvalue weighted by molar-refractivity contribution is 5.92. The van der Waals surface area contributed by atoms with Gasteiger partial charge in [-0.15, -0.1) is 12.4 Å². The van der Waals surface area contributed by atoms with Gasteiger partial charge in [0.25, 0.3) is 0 Å². The van der Waals surface area contributed by atoms with E-state index in [0.717, 1.165) is 85.7 Å². The Hall–Kier alpha value is -3.16. The maximum absolute atomic E-state index is 14.2. The molecule has 188 valence electrons. The fourth-order valence-electron chi connectivity index (χ4n) is 5.68. The third-order valence-electron chi connectivity index (χ3n) is 7.57. The molecule has 8 heteroatoms. The first-order valence-corrected chi connectivity index (χ1v) is 12.4. The lowest BCUT2D eigenvalue weighted by molar-refractivity contribution is 0.160. The molecular weight excluding hydrogens is 477 g/mol. The van der Waals surface area contributed by atoms with E-state index in [0.29, 0.717) is 11.4 Å². The number of ether oxygens (including phenoxy) is 1. The van der Waals surface area contributed by atoms with Crippen LogP contribution in [0.25, 0.3) is 21.8 Å². The minimum absolute atomic E-state index is 0. The summed E-state index contributed by atoms with van der Waals surface area (Å²) in [5.74, 6) is 0.668. The molecule has 2 aromatic heterocycles. The number of aromatic nitrogens is 2. The number of rotatable bonds is 4. The summed E-state index contributed by atoms with van der Waals surface area (Å²) in [6.45, 7) is 5.96. The maximum Gasteiger partial charge on any atom is 0.132 e. The fourth-order valence-corrected chi connectivity index (χ4v) is 5.68. The van der Waals surface area contributed by atoms with Crippen molar-refractivity contribution in [3.05, 3.63) is 66.7 Å². The smallest absolute Gasteiger partial charge is 0.132 e. The molecule has 4 aromatic rings. The van der Waals surface area contributed by atoms with Crippen LogP contribution < -0.4 is 14.5 Å². The SMILES string of the molecule is COc1cc(N2CCN(C3CCN(c4ccc(F)c5cccnc45)CC3)CC2)c2ncccc2c1.Cl. The van der Waals surface area contributed by atoms with Crippen molar-refractivity contribution in [2.75, 3.05) is 56.2 Å². The van der Waals surface area contributed by atoms with Crippen LogP contribution in [0.5, 0.6) is 5.75 Å². The molecule has 2 fully saturated rings. The quantitative estimate of drug-likeness (QED) is 0.381. The molecule has 0 unspecified atom stereocenters. The molecule has 0 saturated carbocycles. The summed E-state index contributed by atoms with van der Waals surface area (Å²) >= 11 is 0. The Labute approximate surface area is 217 Å². The van der Waals surface area contributed by atoms with E-state index >= 15 is 0 Å². The molecule has 2 aliphatic rings. The number of hydrogen-bond donors (Lipinski definition) is 0. The Morgan fingerprint density at radius 1 is 0.806 bits per heavy atom. The van der Waals surface area contributed by atoms with Crippen LogP contribution in [0.1, 0.15) is 12.8 Å². The average Bonchev–Trinajstić information content (AvgIpc) is 2.93. The molecule has 0 radical (unpaired) electrons. The summed E-state index contributed by atoms with van der Waals surface area (Å²) in [5, 5.41) is 1.71. The lowest BCUT2D eigenvalue weighted by atomic mass is 10.0. The minimum atomic E-state index is -0.205. The number of piperazine rings is 1. The average molecular weight is 508 g/mol. The van der Waals surface area contributed by atoms with Crippen molar-refractivity contribution >= 4 is 45.6 Å². The van der Waals surface area contributed by atoms with Crippen molar-refractivity contribution in [1.29, 1.82) is 0 Å². The fraction of sp³-hybridized carbons (Fsp3) is 0.357. The van der Waals surface area contributed by atoms with E-state index in [1.165, 1.54) is 0 Å². The van der Waals surface area contributed by atoms with Crippen molar-refractivity contribution < 1.29 is 9.13 Å². The van der Waals surface area contributed by atoms with Crippen LogP contribution in [0.15, 0.2) is 60.9 Å². The molecule has 6 rings (SSSR count). The van der Waals surface area contributed by atoms with Crippen LogP contribution in [-0.4, -0.2) is 67.3 Å². The van der Waals surface area contributed by atoms with Gasteiger partial charge in [-0.05, 0) is 49.2 Å². The molecule has 0 spiro atoms. The Balaban J connectivity index is 0.00000267. The lowest BCUT2D eigenvalue weighted by Crippen LogP contribution is -2.53. The first-order chi connectivity index (χ1) is 17.2. The Bertz CT molecular complexity index is 1350. The van der Waals surface area contributed by atoms with Gasteiger partial charge in [0.05, 0.1) is 29.5 Å². The molecule has 36 heavy (non-hydrogen) atoms. The van der Waals surface area contributed by atoms with Crippen molar-refractivity contribution in [2.45, 2.75) is 18.9 Å². The van der Waals surface area contributed by atoms with Crippen LogP contribution in [0, 0.1) is 5.82 Å². The molecular formula is C28H31ClFN5O. The van der Waals surface area contributed by atoms with Gasteiger partial charge in [0.15, 0.2) is 0 Å². The molecule has 0 bridgehead atoms. The van der Waals surface area contributed by atoms with Crippen LogP contribution in [0.2, 0.25) is 0 Å². The first-order valence-electron chi connectivity index (χ1n) is 12.4. The molecule has 4 heterocycles. The Kier molecular flexibility index (Phi) is 7.12. The number of fused-ring (bicyclic) bond motifs is 2. The van der Waals surface area contributed by atoms with Crippen molar-refractivity contribution in [2.24, 2.45) is 0 Å². The summed E-state index contributed by atoms with van der Waals surface area (Å²) < 4.78 is 19.8. The third kappa shape index (κ3) is 4.53. The number of halogens is 2. The largest absolute Gasteiger partial charge is 0.497 e. The molecule has 0 N–H and O–H groups in total. The summed E-state index contributed by atoms with van der Waals surface area (Å²) in [4.78, 5) is 16.6. The lowest BCUT2D eigenvalue weighted by Gasteiger charge is -2.44. The van der Waals surface area contributed by atoms with Crippen LogP contribution in [-0.2, 0) is 0 Å². The minimum Gasteiger partial charge on any atom is -0.497 e. The van der Waals surface area contributed by atoms with Gasteiger partial charge in [0.2, 0.25) is 0 Å². The second-order valence-corrected chi connectivity index (χ2v) is 9.43. The number of pyridine rings is 2. The van der Waals surface area contributed by atoms with Gasteiger partial charge in [-0.2, -0.15) is 0 Å². The highest BCUT2D eigenvalue weighted by Gasteiger charge is 2.29. The number of methoxy groups -OCH3 is 1. The first kappa shape index (κ1) is 24.5. The second-order valence-electron chi connectivity index (χ2n) is 9.43. The van der Waals surface area contributed by atoms with E-state index in [1.54, 1.807) is 25.4 Å². The van der Waals surface area contributed by atoms with Gasteiger partial charge < -0.3 is 14.5 Å². The molecule has 0 aliphatic carbocycles. The van der Waals surface area contributed by atoms with Crippen LogP contribution >= 0.6 is 12.4 Å². The number of hydrogen-bond acceptors (Lipinski definition) is 6. The van der Waals surface area contributed by atoms with E-state index in [1.807, 2.05) is 24.4 Å². The molecule has 6 nitrogen and oxygen atoms in total. The zero-order valence-corrected chi connectivity index (χ0v) is 21.3. The van der Waals surface area contributed by atoms with Gasteiger partial charge in [0.1, 0.15) is 11.6 Å². The predicted octanol–water partition coefficient (Wildman–Crippen LogP) is 5.14. The summed E-state index contributed by atoms with van der Waals surface area (Å²) in [6, 6.07) is 15.9. The summed E-state index contributed by atoms with van der Waals surface area (Å²) in [7, 11) is 1.72. The summed E-state index contributed by atoms with van der Waals surface area (Å²) in [6.07, 6.45) is 5.82. The standard InChI is InChI=1S/C28H30FN5O.ClH/c1-35-22-18-20-4-2-10-30-27(20)26(19-22)34-16-14-32(15-17-34)21-8-12-33(13-9-21)25-7-6-24(29)23-5-3-11-31-28(23)25;/h2-7,10-11,18-19,21H,8-9,12-17H2,1H3;1H. The van der Waals surface area contributed by atoms with E-state index < -0.39 is 0 Å². The molecule has 2 aromatic carbocycles. The summed E-state index contributed by atoms with van der Waals surface area (Å²) in [5.41, 5.74) is 4.00. The van der Waals surface area contributed by atoms with E-state index in [9.17, 15) is 4.39 Å². The topological polar surface area (TPSA) is 44.7 Å². The molecule has 2 aliphatic heterocycles. The maximum atomic E-state index is 14.2. The molecule has 0 atom stereocenters. The Morgan fingerprint density at radius 2 is 1.50 bits per heavy atom. The molecule has 2 saturated heterocycles. The number of anilines is 2. The number of nitrogens with zero attached hydrogens (tertiary/aromatic N) is 5. The van der Waals surface area contributed by atoms with E-state index in [-0.39, 0.29) is 18.2 Å². The highest BCUT2D eigenvalue weighted by Crippen LogP contribution is 2.33. The monoisotopic (exact) mass is 507 g/mol. The van der Waals surface area contributed by atoms with Crippen molar-refractivity contribution in [3.8, 4) is 5.75 Å². The van der Waals surface area contributed by atoms with E-state index in [2.05, 4.69) is 42.9 Å². The van der Waals surface area contributed by atoms with Crippen LogP contribution in [0.3, 0.4) is 0 Å². The zero-order chi connectivity index (χ0) is 23.8. The highest BCUT2D eigenvalue weighted by atomic mass is 35.5. The van der Waals surface area contributed by atoms with Crippen molar-refractivity contribution in [1.82, 2.24) is 14.9 Å². The van der Waals surface area contributed by atoms with Gasteiger partial charge in [-0.25, -0.2) is 4.39 Å².